The molecule has 1 fully saturated rings. The Morgan fingerprint density at radius 2 is 1.70 bits per heavy atom. The quantitative estimate of drug-likeness (QED) is 0.453. The highest BCUT2D eigenvalue weighted by atomic mass is 35.5. The number of carbonyl (C=O) groups excluding carboxylic acids is 1. The van der Waals surface area contributed by atoms with Crippen LogP contribution < -0.4 is 32.1 Å². The highest BCUT2D eigenvalue weighted by molar-refractivity contribution is 7.92. The maximum absolute atomic E-state index is 13.5. The zero-order valence-corrected chi connectivity index (χ0v) is 22.8. The summed E-state index contributed by atoms with van der Waals surface area (Å²) in [6, 6.07) is 13.7. The maximum atomic E-state index is 13.5. The third-order valence-corrected chi connectivity index (χ3v) is 9.07. The van der Waals surface area contributed by atoms with E-state index in [4.69, 9.17) is 9.47 Å². The number of sulfonamides is 1. The van der Waals surface area contributed by atoms with Gasteiger partial charge in [-0.1, -0.05) is 0 Å². The Kier molecular flexibility index (Phi) is 8.63. The second-order valence-electron chi connectivity index (χ2n) is 8.84. The Labute approximate surface area is 227 Å². The van der Waals surface area contributed by atoms with Gasteiger partial charge in [0.15, 0.2) is 0 Å². The van der Waals surface area contributed by atoms with Crippen LogP contribution in [0.25, 0.3) is 0 Å². The minimum absolute atomic E-state index is 0. The highest BCUT2D eigenvalue weighted by Gasteiger charge is 2.25. The van der Waals surface area contributed by atoms with Gasteiger partial charge in [0.25, 0.3) is 15.9 Å². The van der Waals surface area contributed by atoms with Gasteiger partial charge in [0.1, 0.15) is 10.6 Å². The van der Waals surface area contributed by atoms with Crippen molar-refractivity contribution in [2.75, 3.05) is 48.4 Å². The summed E-state index contributed by atoms with van der Waals surface area (Å²) in [6.07, 6.45) is 4.32. The highest BCUT2D eigenvalue weighted by Crippen LogP contribution is 2.33. The molecule has 1 aliphatic carbocycles. The number of amides is 1. The third kappa shape index (κ3) is 6.20. The van der Waals surface area contributed by atoms with Gasteiger partial charge in [0.2, 0.25) is 0 Å². The first-order valence-electron chi connectivity index (χ1n) is 12.0. The van der Waals surface area contributed by atoms with E-state index in [2.05, 4.69) is 10.0 Å². The van der Waals surface area contributed by atoms with Crippen molar-refractivity contribution >= 4 is 44.3 Å². The molecule has 37 heavy (non-hydrogen) atoms. The van der Waals surface area contributed by atoms with E-state index in [1.54, 1.807) is 43.5 Å². The number of carbonyl (C=O) groups is 1. The SMILES string of the molecule is COc1ccc(NS(=O)(=O)c2cc(NC(=O)c3cc4c(s3)CCCC4)ccc2N2CCOCC2)cc1.[Cl-]. The number of aryl methyl sites for hydroxylation is 2. The summed E-state index contributed by atoms with van der Waals surface area (Å²) in [7, 11) is -2.41. The van der Waals surface area contributed by atoms with Crippen molar-refractivity contribution in [2.24, 2.45) is 0 Å². The van der Waals surface area contributed by atoms with Gasteiger partial charge in [-0.2, -0.15) is 0 Å². The van der Waals surface area contributed by atoms with Crippen molar-refractivity contribution in [1.29, 1.82) is 0 Å². The van der Waals surface area contributed by atoms with Gasteiger partial charge < -0.3 is 32.1 Å². The molecule has 11 heteroatoms. The average Bonchev–Trinajstić information content (AvgIpc) is 3.34. The fourth-order valence-corrected chi connectivity index (χ4v) is 7.00. The number of anilines is 3. The lowest BCUT2D eigenvalue weighted by Gasteiger charge is -2.30. The summed E-state index contributed by atoms with van der Waals surface area (Å²) in [4.78, 5) is 17.0. The Bertz CT molecular complexity index is 1330. The second-order valence-corrected chi connectivity index (χ2v) is 11.6. The van der Waals surface area contributed by atoms with Gasteiger partial charge in [0, 0.05) is 29.3 Å². The molecule has 1 amide bonds. The number of thiophene rings is 1. The molecule has 2 heterocycles. The lowest BCUT2D eigenvalue weighted by Crippen LogP contribution is -3.00. The number of nitrogens with zero attached hydrogens (tertiary/aromatic N) is 1. The van der Waals surface area contributed by atoms with Crippen LogP contribution in [0.4, 0.5) is 17.1 Å². The first-order valence-corrected chi connectivity index (χ1v) is 14.3. The summed E-state index contributed by atoms with van der Waals surface area (Å²) < 4.78 is 40.4. The van der Waals surface area contributed by atoms with Gasteiger partial charge in [-0.25, -0.2) is 8.42 Å². The number of ether oxygens (including phenoxy) is 2. The van der Waals surface area contributed by atoms with Crippen molar-refractivity contribution in [3.63, 3.8) is 0 Å². The van der Waals surface area contributed by atoms with Crippen molar-refractivity contribution in [1.82, 2.24) is 0 Å². The van der Waals surface area contributed by atoms with E-state index < -0.39 is 10.0 Å². The van der Waals surface area contributed by atoms with Crippen molar-refractivity contribution < 1.29 is 35.1 Å². The Balaban J connectivity index is 0.00000320. The zero-order valence-electron chi connectivity index (χ0n) is 20.5. The molecule has 198 valence electrons. The average molecular weight is 563 g/mol. The normalized spacial score (nSPS) is 15.3. The summed E-state index contributed by atoms with van der Waals surface area (Å²) in [6.45, 7) is 2.20. The lowest BCUT2D eigenvalue weighted by atomic mass is 9.99. The third-order valence-electron chi connectivity index (χ3n) is 6.42. The number of morpholine rings is 1. The predicted octanol–water partition coefficient (Wildman–Crippen LogP) is 1.53. The maximum Gasteiger partial charge on any atom is 0.265 e. The summed E-state index contributed by atoms with van der Waals surface area (Å²) in [5.41, 5.74) is 2.68. The molecule has 1 aliphatic heterocycles. The topological polar surface area (TPSA) is 97.0 Å². The summed E-state index contributed by atoms with van der Waals surface area (Å²) >= 11 is 1.53. The van der Waals surface area contributed by atoms with E-state index in [0.717, 1.165) is 25.7 Å². The molecule has 1 aromatic heterocycles. The van der Waals surface area contributed by atoms with Crippen molar-refractivity contribution in [3.8, 4) is 5.75 Å². The molecule has 2 N–H and O–H groups in total. The number of hydrogen-bond acceptors (Lipinski definition) is 7. The molecule has 3 aromatic rings. The van der Waals surface area contributed by atoms with Crippen LogP contribution in [-0.2, 0) is 27.6 Å². The van der Waals surface area contributed by atoms with Gasteiger partial charge in [-0.05, 0) is 79.8 Å². The molecule has 0 unspecified atom stereocenters. The molecular formula is C26H29ClN3O5S2-. The zero-order chi connectivity index (χ0) is 25.1. The molecule has 0 bridgehead atoms. The summed E-state index contributed by atoms with van der Waals surface area (Å²) in [5.74, 6) is 0.409. The molecule has 0 radical (unpaired) electrons. The van der Waals surface area contributed by atoms with E-state index in [1.807, 2.05) is 11.0 Å². The summed E-state index contributed by atoms with van der Waals surface area (Å²) in [5, 5.41) is 2.91. The fraction of sp³-hybridized carbons (Fsp3) is 0.346. The molecular weight excluding hydrogens is 534 g/mol. The van der Waals surface area contributed by atoms with Gasteiger partial charge in [-0.15, -0.1) is 11.3 Å². The number of hydrogen-bond donors (Lipinski definition) is 2. The monoisotopic (exact) mass is 562 g/mol. The van der Waals surface area contributed by atoms with Crippen LogP contribution in [0.1, 0.15) is 33.0 Å². The van der Waals surface area contributed by atoms with Crippen LogP contribution in [0.3, 0.4) is 0 Å². The van der Waals surface area contributed by atoms with E-state index in [0.29, 0.717) is 54.0 Å². The molecule has 0 atom stereocenters. The number of halogens is 1. The number of rotatable bonds is 7. The first kappa shape index (κ1) is 27.3. The predicted molar refractivity (Wildman–Crippen MR) is 142 cm³/mol. The van der Waals surface area contributed by atoms with Crippen LogP contribution >= 0.6 is 11.3 Å². The molecule has 2 aliphatic rings. The van der Waals surface area contributed by atoms with Crippen molar-refractivity contribution in [3.05, 3.63) is 63.8 Å². The Morgan fingerprint density at radius 1 is 1.00 bits per heavy atom. The molecule has 0 saturated carbocycles. The standard InChI is InChI=1S/C26H29N3O5S2.ClH/c1-33-21-9-6-19(7-10-21)28-36(31,32)25-17-20(8-11-22(25)29-12-14-34-15-13-29)27-26(30)24-16-18-4-2-3-5-23(18)35-24;/h6-11,16-17,28H,2-5,12-15H2,1H3,(H,27,30);1H/p-1. The van der Waals surface area contributed by atoms with Crippen LogP contribution in [-0.4, -0.2) is 47.7 Å². The smallest absolute Gasteiger partial charge is 0.265 e. The van der Waals surface area contributed by atoms with Crippen LogP contribution in [0.5, 0.6) is 5.75 Å². The molecule has 5 rings (SSSR count). The minimum atomic E-state index is -3.96. The Hall–Kier alpha value is -2.79. The van der Waals surface area contributed by atoms with E-state index in [9.17, 15) is 13.2 Å². The second kappa shape index (κ2) is 11.7. The molecule has 8 nitrogen and oxygen atoms in total. The van der Waals surface area contributed by atoms with Gasteiger partial charge >= 0.3 is 0 Å². The lowest BCUT2D eigenvalue weighted by molar-refractivity contribution is -0.0000181. The molecule has 2 aromatic carbocycles. The van der Waals surface area contributed by atoms with Crippen LogP contribution in [0.15, 0.2) is 53.4 Å². The number of fused-ring (bicyclic) bond motifs is 1. The van der Waals surface area contributed by atoms with Crippen molar-refractivity contribution in [2.45, 2.75) is 30.6 Å². The minimum Gasteiger partial charge on any atom is -1.00 e. The van der Waals surface area contributed by atoms with Gasteiger partial charge in [0.05, 0.1) is 30.9 Å². The van der Waals surface area contributed by atoms with Crippen LogP contribution in [0.2, 0.25) is 0 Å². The van der Waals surface area contributed by atoms with E-state index in [1.165, 1.54) is 27.8 Å². The number of nitrogens with one attached hydrogen (secondary N) is 2. The Morgan fingerprint density at radius 3 is 2.41 bits per heavy atom. The van der Waals surface area contributed by atoms with Crippen LogP contribution in [0, 0.1) is 0 Å². The molecule has 1 saturated heterocycles. The number of benzene rings is 2. The number of methoxy groups -OCH3 is 1. The molecule has 0 spiro atoms. The largest absolute Gasteiger partial charge is 1.00 e. The van der Waals surface area contributed by atoms with Gasteiger partial charge in [-0.3, -0.25) is 9.52 Å². The van der Waals surface area contributed by atoms with E-state index in [-0.39, 0.29) is 23.2 Å². The van der Waals surface area contributed by atoms with E-state index >= 15 is 0 Å². The fourth-order valence-electron chi connectivity index (χ4n) is 4.54. The first-order chi connectivity index (χ1) is 17.4.